The Morgan fingerprint density at radius 1 is 1.15 bits per heavy atom. The molecule has 0 spiro atoms. The first kappa shape index (κ1) is 14.3. The molecule has 0 aliphatic heterocycles. The summed E-state index contributed by atoms with van der Waals surface area (Å²) in [6.45, 7) is 5.81. The van der Waals surface area contributed by atoms with Crippen molar-refractivity contribution in [3.63, 3.8) is 0 Å². The second-order valence-electron chi connectivity index (χ2n) is 4.64. The normalized spacial score (nSPS) is 10.6. The average Bonchev–Trinajstić information content (AvgIpc) is 2.84. The first-order valence-corrected chi connectivity index (χ1v) is 7.04. The fourth-order valence-corrected chi connectivity index (χ4v) is 1.95. The lowest BCUT2D eigenvalue weighted by molar-refractivity contribution is 0.766. The molecule has 0 aliphatic rings. The maximum atomic E-state index is 4.49. The third kappa shape index (κ3) is 3.94. The molecule has 2 rings (SSSR count). The third-order valence-corrected chi connectivity index (χ3v) is 2.92. The maximum Gasteiger partial charge on any atom is 0.132 e. The molecule has 2 N–H and O–H groups in total. The van der Waals surface area contributed by atoms with Gasteiger partial charge in [-0.2, -0.15) is 5.10 Å². The van der Waals surface area contributed by atoms with Gasteiger partial charge in [-0.05, 0) is 18.9 Å². The quantitative estimate of drug-likeness (QED) is 0.806. The lowest BCUT2D eigenvalue weighted by Crippen LogP contribution is -2.10. The molecule has 2 aromatic rings. The van der Waals surface area contributed by atoms with Crippen LogP contribution in [0.3, 0.4) is 0 Å². The van der Waals surface area contributed by atoms with Crippen LogP contribution in [0.15, 0.2) is 18.5 Å². The highest BCUT2D eigenvalue weighted by molar-refractivity contribution is 5.47. The lowest BCUT2D eigenvalue weighted by Gasteiger charge is -2.09. The van der Waals surface area contributed by atoms with Crippen molar-refractivity contribution in [2.45, 2.75) is 26.7 Å². The average molecular weight is 274 g/mol. The van der Waals surface area contributed by atoms with Gasteiger partial charge in [0.05, 0.1) is 6.20 Å². The van der Waals surface area contributed by atoms with Crippen molar-refractivity contribution in [2.24, 2.45) is 7.05 Å². The molecule has 2 aromatic heterocycles. The molecule has 108 valence electrons. The standard InChI is InChI=1S/C14H22N6/c1-4-12-18-13(15-5-2)8-14(19-12)16-7-6-11-9-17-20(3)10-11/h8-10H,4-7H2,1-3H3,(H2,15,16,18,19). The summed E-state index contributed by atoms with van der Waals surface area (Å²) in [4.78, 5) is 8.92. The molecule has 6 heteroatoms. The Labute approximate surface area is 119 Å². The summed E-state index contributed by atoms with van der Waals surface area (Å²) in [6, 6.07) is 1.95. The summed E-state index contributed by atoms with van der Waals surface area (Å²) < 4.78 is 1.82. The Hall–Kier alpha value is -2.11. The number of nitrogens with one attached hydrogen (secondary N) is 2. The molecule has 0 atom stereocenters. The van der Waals surface area contributed by atoms with Crippen LogP contribution in [-0.2, 0) is 19.9 Å². The number of aromatic nitrogens is 4. The smallest absolute Gasteiger partial charge is 0.132 e. The van der Waals surface area contributed by atoms with Crippen molar-refractivity contribution < 1.29 is 0 Å². The Morgan fingerprint density at radius 2 is 1.90 bits per heavy atom. The van der Waals surface area contributed by atoms with Crippen LogP contribution in [0.4, 0.5) is 11.6 Å². The van der Waals surface area contributed by atoms with Gasteiger partial charge in [0.15, 0.2) is 0 Å². The number of hydrogen-bond donors (Lipinski definition) is 2. The van der Waals surface area contributed by atoms with Crippen LogP contribution in [0, 0.1) is 0 Å². The summed E-state index contributed by atoms with van der Waals surface area (Å²) >= 11 is 0. The molecule has 0 saturated heterocycles. The van der Waals surface area contributed by atoms with Crippen LogP contribution >= 0.6 is 0 Å². The van der Waals surface area contributed by atoms with Crippen LogP contribution in [0.25, 0.3) is 0 Å². The number of nitrogens with zero attached hydrogens (tertiary/aromatic N) is 4. The zero-order chi connectivity index (χ0) is 14.4. The Morgan fingerprint density at radius 3 is 2.50 bits per heavy atom. The van der Waals surface area contributed by atoms with E-state index < -0.39 is 0 Å². The van der Waals surface area contributed by atoms with E-state index in [1.54, 1.807) is 0 Å². The molecule has 0 saturated carbocycles. The summed E-state index contributed by atoms with van der Waals surface area (Å²) in [5.74, 6) is 2.60. The Bertz CT molecular complexity index is 548. The van der Waals surface area contributed by atoms with Crippen molar-refractivity contribution in [1.82, 2.24) is 19.7 Å². The van der Waals surface area contributed by atoms with E-state index in [0.29, 0.717) is 0 Å². The van der Waals surface area contributed by atoms with E-state index in [4.69, 9.17) is 0 Å². The van der Waals surface area contributed by atoms with Gasteiger partial charge in [0.25, 0.3) is 0 Å². The van der Waals surface area contributed by atoms with E-state index in [-0.39, 0.29) is 0 Å². The Kier molecular flexibility index (Phi) is 4.92. The molecule has 0 bridgehead atoms. The zero-order valence-electron chi connectivity index (χ0n) is 12.3. The predicted molar refractivity (Wildman–Crippen MR) is 81.0 cm³/mol. The van der Waals surface area contributed by atoms with Gasteiger partial charge in [0.2, 0.25) is 0 Å². The number of anilines is 2. The molecule has 0 unspecified atom stereocenters. The van der Waals surface area contributed by atoms with Crippen molar-refractivity contribution in [3.8, 4) is 0 Å². The van der Waals surface area contributed by atoms with Gasteiger partial charge in [-0.1, -0.05) is 6.92 Å². The van der Waals surface area contributed by atoms with Gasteiger partial charge in [-0.25, -0.2) is 9.97 Å². The maximum absolute atomic E-state index is 4.49. The van der Waals surface area contributed by atoms with Crippen molar-refractivity contribution in [2.75, 3.05) is 23.7 Å². The van der Waals surface area contributed by atoms with Gasteiger partial charge in [-0.15, -0.1) is 0 Å². The predicted octanol–water partition coefficient (Wildman–Crippen LogP) is 1.86. The van der Waals surface area contributed by atoms with E-state index >= 15 is 0 Å². The second-order valence-corrected chi connectivity index (χ2v) is 4.64. The van der Waals surface area contributed by atoms with E-state index in [1.807, 2.05) is 30.2 Å². The highest BCUT2D eigenvalue weighted by Gasteiger charge is 2.03. The second kappa shape index (κ2) is 6.88. The highest BCUT2D eigenvalue weighted by atomic mass is 15.2. The molecule has 20 heavy (non-hydrogen) atoms. The van der Waals surface area contributed by atoms with Crippen LogP contribution in [0.2, 0.25) is 0 Å². The third-order valence-electron chi connectivity index (χ3n) is 2.92. The van der Waals surface area contributed by atoms with Crippen molar-refractivity contribution >= 4 is 11.6 Å². The van der Waals surface area contributed by atoms with E-state index in [9.17, 15) is 0 Å². The Balaban J connectivity index is 1.95. The molecule has 2 heterocycles. The molecular formula is C14H22N6. The van der Waals surface area contributed by atoms with Crippen LogP contribution in [0.1, 0.15) is 25.2 Å². The van der Waals surface area contributed by atoms with E-state index in [0.717, 1.165) is 43.4 Å². The lowest BCUT2D eigenvalue weighted by atomic mass is 10.2. The summed E-state index contributed by atoms with van der Waals surface area (Å²) in [5, 5.41) is 10.7. The van der Waals surface area contributed by atoms with Gasteiger partial charge in [0.1, 0.15) is 17.5 Å². The molecule has 0 fully saturated rings. The van der Waals surface area contributed by atoms with Crippen LogP contribution in [0.5, 0.6) is 0 Å². The van der Waals surface area contributed by atoms with Crippen molar-refractivity contribution in [1.29, 1.82) is 0 Å². The molecule has 0 aromatic carbocycles. The molecule has 0 aliphatic carbocycles. The number of rotatable bonds is 7. The van der Waals surface area contributed by atoms with E-state index in [1.165, 1.54) is 5.56 Å². The minimum atomic E-state index is 0.830. The zero-order valence-corrected chi connectivity index (χ0v) is 12.3. The monoisotopic (exact) mass is 274 g/mol. The fraction of sp³-hybridized carbons (Fsp3) is 0.500. The van der Waals surface area contributed by atoms with Crippen LogP contribution < -0.4 is 10.6 Å². The molecule has 6 nitrogen and oxygen atoms in total. The molecule has 0 radical (unpaired) electrons. The van der Waals surface area contributed by atoms with Gasteiger partial charge in [0, 0.05) is 38.8 Å². The molecular weight excluding hydrogens is 252 g/mol. The van der Waals surface area contributed by atoms with Crippen molar-refractivity contribution in [3.05, 3.63) is 29.8 Å². The molecule has 0 amide bonds. The SMILES string of the molecule is CCNc1cc(NCCc2cnn(C)c2)nc(CC)n1. The number of hydrogen-bond acceptors (Lipinski definition) is 5. The van der Waals surface area contributed by atoms with Gasteiger partial charge < -0.3 is 10.6 Å². The minimum absolute atomic E-state index is 0.830. The topological polar surface area (TPSA) is 67.7 Å². The summed E-state index contributed by atoms with van der Waals surface area (Å²) in [7, 11) is 1.93. The van der Waals surface area contributed by atoms with Gasteiger partial charge >= 0.3 is 0 Å². The fourth-order valence-electron chi connectivity index (χ4n) is 1.95. The minimum Gasteiger partial charge on any atom is -0.370 e. The number of aryl methyl sites for hydroxylation is 2. The van der Waals surface area contributed by atoms with Gasteiger partial charge in [-0.3, -0.25) is 4.68 Å². The highest BCUT2D eigenvalue weighted by Crippen LogP contribution is 2.12. The largest absolute Gasteiger partial charge is 0.370 e. The summed E-state index contributed by atoms with van der Waals surface area (Å²) in [6.07, 6.45) is 5.68. The first-order chi connectivity index (χ1) is 9.71. The van der Waals surface area contributed by atoms with Crippen LogP contribution in [-0.4, -0.2) is 32.8 Å². The van der Waals surface area contributed by atoms with E-state index in [2.05, 4.69) is 39.5 Å². The summed E-state index contributed by atoms with van der Waals surface area (Å²) in [5.41, 5.74) is 1.22. The first-order valence-electron chi connectivity index (χ1n) is 7.04.